The van der Waals surface area contributed by atoms with Gasteiger partial charge in [-0.2, -0.15) is 0 Å². The minimum absolute atomic E-state index is 0.700. The summed E-state index contributed by atoms with van der Waals surface area (Å²) in [7, 11) is 1.70. The maximum Gasteiger partial charge on any atom is 0.230 e. The zero-order chi connectivity index (χ0) is 17.2. The number of aromatic amines is 1. The Labute approximate surface area is 146 Å². The van der Waals surface area contributed by atoms with Crippen molar-refractivity contribution in [2.75, 3.05) is 20.2 Å². The molecule has 2 aromatic heterocycles. The summed E-state index contributed by atoms with van der Waals surface area (Å²) in [6, 6.07) is 6.14. The van der Waals surface area contributed by atoms with Crippen molar-refractivity contribution in [3.8, 4) is 5.75 Å². The van der Waals surface area contributed by atoms with Gasteiger partial charge < -0.3 is 14.1 Å². The average Bonchev–Trinajstić information content (AvgIpc) is 3.28. The van der Waals surface area contributed by atoms with Crippen molar-refractivity contribution in [3.05, 3.63) is 47.8 Å². The van der Waals surface area contributed by atoms with Crippen LogP contribution in [0.25, 0.3) is 16.5 Å². The number of hydrogen-bond donors (Lipinski definition) is 1. The fraction of sp³-hybridized carbons (Fsp3) is 0.368. The quantitative estimate of drug-likeness (QED) is 0.772. The topological polar surface area (TPSA) is 67.2 Å². The van der Waals surface area contributed by atoms with Gasteiger partial charge in [-0.1, -0.05) is 13.0 Å². The van der Waals surface area contributed by atoms with E-state index >= 15 is 0 Å². The van der Waals surface area contributed by atoms with Gasteiger partial charge in [0.15, 0.2) is 0 Å². The molecule has 0 saturated heterocycles. The van der Waals surface area contributed by atoms with Gasteiger partial charge in [0.25, 0.3) is 0 Å². The van der Waals surface area contributed by atoms with Crippen LogP contribution in [-0.2, 0) is 13.0 Å². The molecule has 0 radical (unpaired) electrons. The number of nitrogens with zero attached hydrogens (tertiary/aromatic N) is 3. The fourth-order valence-electron chi connectivity index (χ4n) is 3.28. The van der Waals surface area contributed by atoms with Crippen molar-refractivity contribution >= 4 is 16.5 Å². The Balaban J connectivity index is 1.50. The molecule has 0 aliphatic carbocycles. The fourth-order valence-corrected chi connectivity index (χ4v) is 3.28. The standard InChI is InChI=1S/C19H22N4O2/c1-3-18-21-22-19(25-18)12-23-8-6-13(7-9-23)16-11-20-17-5-4-14(24-2)10-15(16)17/h4-6,10-11,20H,3,7-9,12H2,1-2H3. The van der Waals surface area contributed by atoms with Crippen LogP contribution in [0.2, 0.25) is 0 Å². The van der Waals surface area contributed by atoms with Gasteiger partial charge in [0, 0.05) is 42.2 Å². The van der Waals surface area contributed by atoms with Gasteiger partial charge in [0.05, 0.1) is 13.7 Å². The van der Waals surface area contributed by atoms with Crippen LogP contribution < -0.4 is 4.74 Å². The lowest BCUT2D eigenvalue weighted by Crippen LogP contribution is -2.28. The Bertz CT molecular complexity index is 909. The van der Waals surface area contributed by atoms with Crippen LogP contribution in [0.5, 0.6) is 5.75 Å². The second-order valence-corrected chi connectivity index (χ2v) is 6.27. The smallest absolute Gasteiger partial charge is 0.230 e. The van der Waals surface area contributed by atoms with Crippen molar-refractivity contribution in [2.24, 2.45) is 0 Å². The molecule has 4 rings (SSSR count). The minimum atomic E-state index is 0.700. The van der Waals surface area contributed by atoms with E-state index in [1.54, 1.807) is 7.11 Å². The van der Waals surface area contributed by atoms with Crippen molar-refractivity contribution in [3.63, 3.8) is 0 Å². The number of methoxy groups -OCH3 is 1. The molecule has 0 fully saturated rings. The predicted molar refractivity (Wildman–Crippen MR) is 96.4 cm³/mol. The molecule has 0 unspecified atom stereocenters. The maximum absolute atomic E-state index is 5.61. The number of benzene rings is 1. The first-order valence-corrected chi connectivity index (χ1v) is 8.65. The summed E-state index contributed by atoms with van der Waals surface area (Å²) in [5.41, 5.74) is 3.77. The van der Waals surface area contributed by atoms with Gasteiger partial charge in [-0.05, 0) is 30.2 Å². The van der Waals surface area contributed by atoms with Crippen LogP contribution in [0.4, 0.5) is 0 Å². The maximum atomic E-state index is 5.61. The van der Waals surface area contributed by atoms with E-state index in [1.165, 1.54) is 16.5 Å². The van der Waals surface area contributed by atoms with Gasteiger partial charge >= 0.3 is 0 Å². The summed E-state index contributed by atoms with van der Waals surface area (Å²) in [6.45, 7) is 4.59. The van der Waals surface area contributed by atoms with E-state index < -0.39 is 0 Å². The van der Waals surface area contributed by atoms with Crippen LogP contribution >= 0.6 is 0 Å². The van der Waals surface area contributed by atoms with E-state index in [9.17, 15) is 0 Å². The first kappa shape index (κ1) is 15.9. The predicted octanol–water partition coefficient (Wildman–Crippen LogP) is 3.41. The highest BCUT2D eigenvalue weighted by Crippen LogP contribution is 2.31. The van der Waals surface area contributed by atoms with Crippen molar-refractivity contribution in [1.82, 2.24) is 20.1 Å². The molecule has 130 valence electrons. The highest BCUT2D eigenvalue weighted by atomic mass is 16.5. The number of ether oxygens (including phenoxy) is 1. The molecule has 0 spiro atoms. The molecule has 1 aromatic carbocycles. The van der Waals surface area contributed by atoms with E-state index in [4.69, 9.17) is 9.15 Å². The van der Waals surface area contributed by atoms with E-state index in [0.717, 1.165) is 37.2 Å². The van der Waals surface area contributed by atoms with Crippen LogP contribution in [0.15, 0.2) is 34.9 Å². The van der Waals surface area contributed by atoms with Crippen molar-refractivity contribution in [2.45, 2.75) is 26.3 Å². The Morgan fingerprint density at radius 3 is 2.88 bits per heavy atom. The third-order valence-corrected chi connectivity index (χ3v) is 4.70. The number of aromatic nitrogens is 3. The van der Waals surface area contributed by atoms with Gasteiger partial charge in [0.1, 0.15) is 5.75 Å². The number of hydrogen-bond acceptors (Lipinski definition) is 5. The molecule has 25 heavy (non-hydrogen) atoms. The van der Waals surface area contributed by atoms with Crippen molar-refractivity contribution < 1.29 is 9.15 Å². The molecule has 6 heteroatoms. The molecule has 6 nitrogen and oxygen atoms in total. The SMILES string of the molecule is CCc1nnc(CN2CC=C(c3c[nH]c4ccc(OC)cc34)CC2)o1. The number of H-pyrrole nitrogens is 1. The number of nitrogens with one attached hydrogen (secondary N) is 1. The molecule has 0 atom stereocenters. The molecule has 1 N–H and O–H groups in total. The highest BCUT2D eigenvalue weighted by Gasteiger charge is 2.18. The highest BCUT2D eigenvalue weighted by molar-refractivity contribution is 5.93. The third-order valence-electron chi connectivity index (χ3n) is 4.70. The Hall–Kier alpha value is -2.60. The zero-order valence-electron chi connectivity index (χ0n) is 14.6. The summed E-state index contributed by atoms with van der Waals surface area (Å²) < 4.78 is 11.0. The number of fused-ring (bicyclic) bond motifs is 1. The lowest BCUT2D eigenvalue weighted by Gasteiger charge is -2.24. The molecule has 3 heterocycles. The van der Waals surface area contributed by atoms with E-state index in [0.29, 0.717) is 18.3 Å². The second-order valence-electron chi connectivity index (χ2n) is 6.27. The molecule has 0 amide bonds. The molecule has 3 aromatic rings. The zero-order valence-corrected chi connectivity index (χ0v) is 14.6. The van der Waals surface area contributed by atoms with Crippen LogP contribution in [-0.4, -0.2) is 40.3 Å². The minimum Gasteiger partial charge on any atom is -0.497 e. The normalized spacial score (nSPS) is 15.5. The van der Waals surface area contributed by atoms with Gasteiger partial charge in [-0.3, -0.25) is 4.90 Å². The molecule has 0 bridgehead atoms. The van der Waals surface area contributed by atoms with Gasteiger partial charge in [-0.25, -0.2) is 0 Å². The summed E-state index contributed by atoms with van der Waals surface area (Å²) in [5.74, 6) is 2.29. The van der Waals surface area contributed by atoms with Crippen LogP contribution in [0, 0.1) is 0 Å². The molecular weight excluding hydrogens is 316 g/mol. The average molecular weight is 338 g/mol. The first-order chi connectivity index (χ1) is 12.3. The first-order valence-electron chi connectivity index (χ1n) is 8.65. The van der Waals surface area contributed by atoms with E-state index in [-0.39, 0.29) is 0 Å². The summed E-state index contributed by atoms with van der Waals surface area (Å²) in [4.78, 5) is 5.68. The van der Waals surface area contributed by atoms with Crippen LogP contribution in [0.3, 0.4) is 0 Å². The lowest BCUT2D eigenvalue weighted by molar-refractivity contribution is 0.259. The molecular formula is C19H22N4O2. The van der Waals surface area contributed by atoms with Crippen LogP contribution in [0.1, 0.15) is 30.7 Å². The lowest BCUT2D eigenvalue weighted by atomic mass is 9.99. The Morgan fingerprint density at radius 2 is 2.16 bits per heavy atom. The molecule has 1 aliphatic rings. The summed E-state index contributed by atoms with van der Waals surface area (Å²) in [5, 5.41) is 9.36. The van der Waals surface area contributed by atoms with Crippen molar-refractivity contribution in [1.29, 1.82) is 0 Å². The van der Waals surface area contributed by atoms with E-state index in [2.05, 4.69) is 44.5 Å². The Kier molecular flexibility index (Phi) is 4.28. The summed E-state index contributed by atoms with van der Waals surface area (Å²) in [6.07, 6.45) is 6.17. The Morgan fingerprint density at radius 1 is 1.28 bits per heavy atom. The number of aryl methyl sites for hydroxylation is 1. The monoisotopic (exact) mass is 338 g/mol. The third kappa shape index (κ3) is 3.17. The van der Waals surface area contributed by atoms with E-state index in [1.807, 2.05) is 13.0 Å². The summed E-state index contributed by atoms with van der Waals surface area (Å²) >= 11 is 0. The van der Waals surface area contributed by atoms with Gasteiger partial charge in [-0.15, -0.1) is 10.2 Å². The molecule has 0 saturated carbocycles. The van der Waals surface area contributed by atoms with Gasteiger partial charge in [0.2, 0.25) is 11.8 Å². The molecule has 1 aliphatic heterocycles. The second kappa shape index (κ2) is 6.72. The number of rotatable bonds is 5. The largest absolute Gasteiger partial charge is 0.497 e.